The highest BCUT2D eigenvalue weighted by atomic mass is 32.2. The molecule has 1 amide bonds. The van der Waals surface area contributed by atoms with Gasteiger partial charge in [0.05, 0.1) is 0 Å². The second-order valence-electron chi connectivity index (χ2n) is 5.19. The summed E-state index contributed by atoms with van der Waals surface area (Å²) in [7, 11) is 0. The highest BCUT2D eigenvalue weighted by Crippen LogP contribution is 2.21. The molecule has 1 aromatic heterocycles. The minimum absolute atomic E-state index is 0.0866. The third kappa shape index (κ3) is 3.83. The van der Waals surface area contributed by atoms with E-state index in [0.717, 1.165) is 21.8 Å². The van der Waals surface area contributed by atoms with E-state index in [1.54, 1.807) is 23.9 Å². The molecule has 0 radical (unpaired) electrons. The van der Waals surface area contributed by atoms with E-state index >= 15 is 0 Å². The Balaban J connectivity index is 1.71. The molecule has 0 fully saturated rings. The molecule has 6 heteroatoms. The van der Waals surface area contributed by atoms with Gasteiger partial charge in [-0.15, -0.1) is 16.9 Å². The number of carbonyl (C=O) groups is 1. The van der Waals surface area contributed by atoms with E-state index in [0.29, 0.717) is 11.5 Å². The van der Waals surface area contributed by atoms with Crippen molar-refractivity contribution < 1.29 is 9.21 Å². The van der Waals surface area contributed by atoms with E-state index in [9.17, 15) is 4.79 Å². The van der Waals surface area contributed by atoms with Crippen molar-refractivity contribution in [3.8, 4) is 11.5 Å². The van der Waals surface area contributed by atoms with E-state index in [4.69, 9.17) is 4.42 Å². The lowest BCUT2D eigenvalue weighted by atomic mass is 10.1. The minimum atomic E-state index is -0.275. The molecule has 1 heterocycles. The third-order valence-electron chi connectivity index (χ3n) is 3.34. The fourth-order valence-corrected chi connectivity index (χ4v) is 2.87. The predicted octanol–water partition coefficient (Wildman–Crippen LogP) is 4.41. The number of nitrogens with one attached hydrogen (secondary N) is 1. The Morgan fingerprint density at radius 2 is 1.96 bits per heavy atom. The smallest absolute Gasteiger partial charge is 0.322 e. The first-order valence-electron chi connectivity index (χ1n) is 7.60. The van der Waals surface area contributed by atoms with Gasteiger partial charge < -0.3 is 4.42 Å². The van der Waals surface area contributed by atoms with Crippen LogP contribution in [0.15, 0.2) is 57.8 Å². The lowest BCUT2D eigenvalue weighted by Gasteiger charge is -2.02. The molecule has 2 aromatic carbocycles. The Kier molecular flexibility index (Phi) is 4.96. The number of rotatable bonds is 5. The molecule has 0 aliphatic heterocycles. The van der Waals surface area contributed by atoms with Crippen LogP contribution in [-0.4, -0.2) is 21.9 Å². The van der Waals surface area contributed by atoms with Crippen molar-refractivity contribution in [2.24, 2.45) is 0 Å². The first-order valence-corrected chi connectivity index (χ1v) is 8.59. The Hall–Kier alpha value is -2.60. The molecule has 0 unspecified atom stereocenters. The van der Waals surface area contributed by atoms with Crippen LogP contribution in [0.1, 0.15) is 22.8 Å². The summed E-state index contributed by atoms with van der Waals surface area (Å²) in [6.45, 7) is 4.08. The Morgan fingerprint density at radius 3 is 2.67 bits per heavy atom. The van der Waals surface area contributed by atoms with Gasteiger partial charge in [0.15, 0.2) is 0 Å². The second kappa shape index (κ2) is 7.31. The molecule has 24 heavy (non-hydrogen) atoms. The van der Waals surface area contributed by atoms with Crippen LogP contribution in [-0.2, 0) is 0 Å². The summed E-state index contributed by atoms with van der Waals surface area (Å²) in [5.41, 5.74) is 2.47. The first-order chi connectivity index (χ1) is 11.7. The highest BCUT2D eigenvalue weighted by molar-refractivity contribution is 7.99. The quantitative estimate of drug-likeness (QED) is 0.697. The van der Waals surface area contributed by atoms with E-state index in [2.05, 4.69) is 22.4 Å². The van der Waals surface area contributed by atoms with Gasteiger partial charge in [0.2, 0.25) is 5.89 Å². The van der Waals surface area contributed by atoms with Crippen LogP contribution in [0.5, 0.6) is 0 Å². The first kappa shape index (κ1) is 16.3. The number of benzene rings is 2. The van der Waals surface area contributed by atoms with Gasteiger partial charge in [0.25, 0.3) is 5.91 Å². The van der Waals surface area contributed by atoms with Gasteiger partial charge in [0, 0.05) is 16.0 Å². The number of amides is 1. The molecule has 5 nitrogen and oxygen atoms in total. The Bertz CT molecular complexity index is 843. The normalized spacial score (nSPS) is 10.6. The summed E-state index contributed by atoms with van der Waals surface area (Å²) in [5.74, 6) is 1.10. The number of nitrogens with zero attached hydrogens (tertiary/aromatic N) is 2. The van der Waals surface area contributed by atoms with Gasteiger partial charge in [-0.25, -0.2) is 0 Å². The summed E-state index contributed by atoms with van der Waals surface area (Å²) in [6, 6.07) is 15.2. The number of aryl methyl sites for hydroxylation is 1. The van der Waals surface area contributed by atoms with Crippen LogP contribution in [0.25, 0.3) is 11.5 Å². The maximum Gasteiger partial charge on any atom is 0.322 e. The van der Waals surface area contributed by atoms with Crippen LogP contribution in [0.4, 0.5) is 6.01 Å². The molecule has 3 rings (SSSR count). The molecule has 0 aliphatic carbocycles. The summed E-state index contributed by atoms with van der Waals surface area (Å²) in [5, 5.41) is 10.5. The third-order valence-corrected chi connectivity index (χ3v) is 4.23. The van der Waals surface area contributed by atoms with Crippen LogP contribution in [0.3, 0.4) is 0 Å². The summed E-state index contributed by atoms with van der Waals surface area (Å²) >= 11 is 1.73. The predicted molar refractivity (Wildman–Crippen MR) is 95.3 cm³/mol. The standard InChI is InChI=1S/C18H17N3O2S/c1-3-24-15-9-7-13(8-10-15)16(22)19-18-21-20-17(23-18)14-6-4-5-12(2)11-14/h4-11H,3H2,1-2H3,(H,19,21,22). The zero-order valence-corrected chi connectivity index (χ0v) is 14.3. The van der Waals surface area contributed by atoms with Crippen molar-refractivity contribution >= 4 is 23.7 Å². The lowest BCUT2D eigenvalue weighted by Crippen LogP contribution is -2.11. The number of thioether (sulfide) groups is 1. The molecule has 0 saturated heterocycles. The van der Waals surface area contributed by atoms with Crippen LogP contribution >= 0.6 is 11.8 Å². The van der Waals surface area contributed by atoms with Gasteiger partial charge in [-0.3, -0.25) is 10.1 Å². The van der Waals surface area contributed by atoms with Crippen molar-refractivity contribution in [3.63, 3.8) is 0 Å². The molecule has 3 aromatic rings. The molecule has 0 bridgehead atoms. The van der Waals surface area contributed by atoms with Crippen molar-refractivity contribution in [2.45, 2.75) is 18.7 Å². The molecule has 0 atom stereocenters. The topological polar surface area (TPSA) is 68.0 Å². The Morgan fingerprint density at radius 1 is 1.17 bits per heavy atom. The summed E-state index contributed by atoms with van der Waals surface area (Å²) < 4.78 is 5.52. The number of anilines is 1. The fourth-order valence-electron chi connectivity index (χ4n) is 2.21. The molecular formula is C18H17N3O2S. The molecule has 1 N–H and O–H groups in total. The minimum Gasteiger partial charge on any atom is -0.403 e. The van der Waals surface area contributed by atoms with E-state index < -0.39 is 0 Å². The lowest BCUT2D eigenvalue weighted by molar-refractivity contribution is 0.102. The molecule has 0 saturated carbocycles. The summed E-state index contributed by atoms with van der Waals surface area (Å²) in [4.78, 5) is 13.4. The maximum absolute atomic E-state index is 12.2. The van der Waals surface area contributed by atoms with Gasteiger partial charge in [-0.2, -0.15) is 0 Å². The number of carbonyl (C=O) groups excluding carboxylic acids is 1. The number of hydrogen-bond acceptors (Lipinski definition) is 5. The van der Waals surface area contributed by atoms with Crippen LogP contribution < -0.4 is 5.32 Å². The number of hydrogen-bond donors (Lipinski definition) is 1. The average molecular weight is 339 g/mol. The zero-order chi connectivity index (χ0) is 16.9. The van der Waals surface area contributed by atoms with Gasteiger partial charge in [-0.1, -0.05) is 29.7 Å². The SMILES string of the molecule is CCSc1ccc(C(=O)Nc2nnc(-c3cccc(C)c3)o2)cc1. The van der Waals surface area contributed by atoms with E-state index in [1.807, 2.05) is 43.3 Å². The van der Waals surface area contributed by atoms with Gasteiger partial charge in [-0.05, 0) is 49.1 Å². The molecule has 0 spiro atoms. The number of aromatic nitrogens is 2. The second-order valence-corrected chi connectivity index (χ2v) is 6.53. The molecule has 0 aliphatic rings. The monoisotopic (exact) mass is 339 g/mol. The molecular weight excluding hydrogens is 322 g/mol. The largest absolute Gasteiger partial charge is 0.403 e. The van der Waals surface area contributed by atoms with Crippen LogP contribution in [0, 0.1) is 6.92 Å². The van der Waals surface area contributed by atoms with Gasteiger partial charge in [0.1, 0.15) is 0 Å². The van der Waals surface area contributed by atoms with Gasteiger partial charge >= 0.3 is 6.01 Å². The zero-order valence-electron chi connectivity index (χ0n) is 13.4. The van der Waals surface area contributed by atoms with E-state index in [-0.39, 0.29) is 11.9 Å². The highest BCUT2D eigenvalue weighted by Gasteiger charge is 2.13. The Labute approximate surface area is 144 Å². The summed E-state index contributed by atoms with van der Waals surface area (Å²) in [6.07, 6.45) is 0. The van der Waals surface area contributed by atoms with Crippen molar-refractivity contribution in [1.82, 2.24) is 10.2 Å². The molecule has 122 valence electrons. The van der Waals surface area contributed by atoms with Crippen molar-refractivity contribution in [1.29, 1.82) is 0 Å². The maximum atomic E-state index is 12.2. The fraction of sp³-hybridized carbons (Fsp3) is 0.167. The average Bonchev–Trinajstić information content (AvgIpc) is 3.04. The van der Waals surface area contributed by atoms with Crippen molar-refractivity contribution in [3.05, 3.63) is 59.7 Å². The van der Waals surface area contributed by atoms with E-state index in [1.165, 1.54) is 0 Å². The van der Waals surface area contributed by atoms with Crippen LogP contribution in [0.2, 0.25) is 0 Å². The van der Waals surface area contributed by atoms with Crippen molar-refractivity contribution in [2.75, 3.05) is 11.1 Å².